The van der Waals surface area contributed by atoms with Gasteiger partial charge in [0.15, 0.2) is 5.82 Å². The van der Waals surface area contributed by atoms with Crippen LogP contribution >= 0.6 is 0 Å². The Labute approximate surface area is 111 Å². The molecule has 0 aromatic carbocycles. The lowest BCUT2D eigenvalue weighted by atomic mass is 10.3. The quantitative estimate of drug-likeness (QED) is 0.715. The predicted octanol–water partition coefficient (Wildman–Crippen LogP) is -0.255. The number of amides is 1. The molecule has 0 spiro atoms. The zero-order valence-electron chi connectivity index (χ0n) is 11.1. The minimum Gasteiger partial charge on any atom is -0.384 e. The molecule has 2 heterocycles. The summed E-state index contributed by atoms with van der Waals surface area (Å²) < 4.78 is 10.0. The number of carbonyl (C=O) groups is 1. The Morgan fingerprint density at radius 1 is 1.68 bits per heavy atom. The van der Waals surface area contributed by atoms with Gasteiger partial charge >= 0.3 is 0 Å². The summed E-state index contributed by atoms with van der Waals surface area (Å²) in [6, 6.07) is -0.249. The first-order valence-corrected chi connectivity index (χ1v) is 6.16. The lowest BCUT2D eigenvalue weighted by Crippen LogP contribution is -2.41. The third-order valence-electron chi connectivity index (χ3n) is 2.84. The van der Waals surface area contributed by atoms with Gasteiger partial charge in [-0.2, -0.15) is 4.98 Å². The highest BCUT2D eigenvalue weighted by molar-refractivity contribution is 5.84. The molecule has 1 aliphatic rings. The number of likely N-dealkylation sites (N-methyl/N-ethyl adjacent to an activating group) is 1. The van der Waals surface area contributed by atoms with Crippen molar-refractivity contribution in [3.05, 3.63) is 23.9 Å². The second-order valence-corrected chi connectivity index (χ2v) is 4.36. The predicted molar refractivity (Wildman–Crippen MR) is 67.3 cm³/mol. The fourth-order valence-electron chi connectivity index (χ4n) is 1.80. The third kappa shape index (κ3) is 3.62. The monoisotopic (exact) mass is 266 g/mol. The largest absolute Gasteiger partial charge is 0.384 e. The van der Waals surface area contributed by atoms with E-state index in [1.165, 1.54) is 0 Å². The maximum Gasteiger partial charge on any atom is 0.246 e. The van der Waals surface area contributed by atoms with E-state index in [0.717, 1.165) is 6.54 Å². The van der Waals surface area contributed by atoms with Crippen LogP contribution in [0.5, 0.6) is 0 Å². The molecule has 1 aromatic rings. The number of hydrogen-bond acceptors (Lipinski definition) is 6. The molecular weight excluding hydrogens is 248 g/mol. The van der Waals surface area contributed by atoms with Gasteiger partial charge in [0.25, 0.3) is 0 Å². The minimum absolute atomic E-state index is 0.00890. The summed E-state index contributed by atoms with van der Waals surface area (Å²) in [6.45, 7) is 1.58. The van der Waals surface area contributed by atoms with E-state index in [1.54, 1.807) is 19.1 Å². The van der Waals surface area contributed by atoms with Crippen molar-refractivity contribution in [3.63, 3.8) is 0 Å². The smallest absolute Gasteiger partial charge is 0.246 e. The number of hydrogen-bond donors (Lipinski definition) is 1. The highest BCUT2D eigenvalue weighted by Gasteiger charge is 2.22. The van der Waals surface area contributed by atoms with Gasteiger partial charge in [-0.1, -0.05) is 17.3 Å². The Bertz CT molecular complexity index is 458. The molecule has 0 bridgehead atoms. The summed E-state index contributed by atoms with van der Waals surface area (Å²) in [7, 11) is 3.34. The molecular formula is C12H18N4O3. The number of rotatable bonds is 6. The Morgan fingerprint density at radius 2 is 2.53 bits per heavy atom. The average molecular weight is 266 g/mol. The van der Waals surface area contributed by atoms with Crippen molar-refractivity contribution >= 4 is 5.91 Å². The number of nitrogens with one attached hydrogen (secondary N) is 1. The molecule has 0 fully saturated rings. The van der Waals surface area contributed by atoms with Gasteiger partial charge in [-0.3, -0.25) is 10.1 Å². The lowest BCUT2D eigenvalue weighted by Gasteiger charge is -2.18. The van der Waals surface area contributed by atoms with E-state index in [0.29, 0.717) is 31.3 Å². The zero-order chi connectivity index (χ0) is 13.7. The first kappa shape index (κ1) is 13.7. The van der Waals surface area contributed by atoms with Gasteiger partial charge in [-0.25, -0.2) is 0 Å². The molecule has 7 heteroatoms. The van der Waals surface area contributed by atoms with Crippen LogP contribution in [0.15, 0.2) is 16.7 Å². The Morgan fingerprint density at radius 3 is 3.21 bits per heavy atom. The second-order valence-electron chi connectivity index (χ2n) is 4.36. The summed E-state index contributed by atoms with van der Waals surface area (Å²) >= 11 is 0. The molecule has 0 aliphatic carbocycles. The maximum atomic E-state index is 12.0. The van der Waals surface area contributed by atoms with E-state index in [2.05, 4.69) is 15.5 Å². The molecule has 1 unspecified atom stereocenters. The first-order valence-electron chi connectivity index (χ1n) is 6.16. The molecule has 1 aliphatic heterocycles. The van der Waals surface area contributed by atoms with E-state index >= 15 is 0 Å². The molecule has 19 heavy (non-hydrogen) atoms. The molecule has 1 amide bonds. The molecule has 1 N–H and O–H groups in total. The van der Waals surface area contributed by atoms with E-state index in [4.69, 9.17) is 9.26 Å². The van der Waals surface area contributed by atoms with Crippen LogP contribution in [0, 0.1) is 0 Å². The highest BCUT2D eigenvalue weighted by atomic mass is 16.5. The van der Waals surface area contributed by atoms with Crippen LogP contribution in [0.3, 0.4) is 0 Å². The Balaban J connectivity index is 1.87. The van der Waals surface area contributed by atoms with Gasteiger partial charge in [0.2, 0.25) is 11.8 Å². The number of nitrogens with zero attached hydrogens (tertiary/aromatic N) is 3. The lowest BCUT2D eigenvalue weighted by molar-refractivity contribution is -0.131. The molecule has 2 rings (SSSR count). The number of aromatic nitrogens is 2. The fourth-order valence-corrected chi connectivity index (χ4v) is 1.80. The average Bonchev–Trinajstić information content (AvgIpc) is 3.06. The van der Waals surface area contributed by atoms with Gasteiger partial charge in [0, 0.05) is 27.1 Å². The van der Waals surface area contributed by atoms with Crippen molar-refractivity contribution in [2.75, 3.05) is 27.3 Å². The topological polar surface area (TPSA) is 80.5 Å². The van der Waals surface area contributed by atoms with Crippen molar-refractivity contribution < 1.29 is 14.1 Å². The number of carbonyl (C=O) groups excluding carboxylic acids is 1. The summed E-state index contributed by atoms with van der Waals surface area (Å²) in [5.41, 5.74) is 0. The van der Waals surface area contributed by atoms with E-state index in [9.17, 15) is 4.79 Å². The van der Waals surface area contributed by atoms with Gasteiger partial charge in [0.05, 0.1) is 13.2 Å². The normalized spacial score (nSPS) is 17.9. The second kappa shape index (κ2) is 6.44. The molecule has 7 nitrogen and oxygen atoms in total. The summed E-state index contributed by atoms with van der Waals surface area (Å²) in [6.07, 6.45) is 4.40. The van der Waals surface area contributed by atoms with Crippen LogP contribution in [0.4, 0.5) is 0 Å². The van der Waals surface area contributed by atoms with E-state index in [1.807, 2.05) is 12.2 Å². The first-order chi connectivity index (χ1) is 9.20. The summed E-state index contributed by atoms with van der Waals surface area (Å²) in [5, 5.41) is 6.90. The van der Waals surface area contributed by atoms with E-state index in [-0.39, 0.29) is 11.9 Å². The Hall–Kier alpha value is -1.73. The van der Waals surface area contributed by atoms with Gasteiger partial charge in [0.1, 0.15) is 6.04 Å². The molecule has 1 aromatic heterocycles. The molecule has 0 radical (unpaired) electrons. The molecule has 104 valence electrons. The van der Waals surface area contributed by atoms with Crippen LogP contribution in [-0.2, 0) is 22.5 Å². The van der Waals surface area contributed by atoms with Crippen molar-refractivity contribution in [1.82, 2.24) is 20.4 Å². The van der Waals surface area contributed by atoms with Crippen LogP contribution in [0.25, 0.3) is 0 Å². The molecule has 0 saturated heterocycles. The van der Waals surface area contributed by atoms with Gasteiger partial charge in [-0.15, -0.1) is 0 Å². The third-order valence-corrected chi connectivity index (χ3v) is 2.84. The van der Waals surface area contributed by atoms with Crippen LogP contribution in [0.2, 0.25) is 0 Å². The van der Waals surface area contributed by atoms with E-state index < -0.39 is 0 Å². The van der Waals surface area contributed by atoms with Crippen molar-refractivity contribution in [3.8, 4) is 0 Å². The minimum atomic E-state index is -0.249. The zero-order valence-corrected chi connectivity index (χ0v) is 11.1. The van der Waals surface area contributed by atoms with Crippen molar-refractivity contribution in [2.24, 2.45) is 0 Å². The molecule has 1 atom stereocenters. The summed E-state index contributed by atoms with van der Waals surface area (Å²) in [5.74, 6) is 1.02. The van der Waals surface area contributed by atoms with Crippen LogP contribution in [-0.4, -0.2) is 54.3 Å². The maximum absolute atomic E-state index is 12.0. The SMILES string of the molecule is COCCc1noc(CN(C)C(=O)C2C=CCN2)n1. The Kier molecular flexibility index (Phi) is 4.64. The summed E-state index contributed by atoms with van der Waals surface area (Å²) in [4.78, 5) is 17.8. The number of methoxy groups -OCH3 is 1. The number of ether oxygens (including phenoxy) is 1. The van der Waals surface area contributed by atoms with Crippen LogP contribution < -0.4 is 5.32 Å². The van der Waals surface area contributed by atoms with Crippen molar-refractivity contribution in [1.29, 1.82) is 0 Å². The van der Waals surface area contributed by atoms with Crippen LogP contribution in [0.1, 0.15) is 11.7 Å². The van der Waals surface area contributed by atoms with Gasteiger partial charge in [-0.05, 0) is 0 Å². The highest BCUT2D eigenvalue weighted by Crippen LogP contribution is 2.06. The van der Waals surface area contributed by atoms with Crippen molar-refractivity contribution in [2.45, 2.75) is 19.0 Å². The standard InChI is InChI=1S/C12H18N4O3/c1-16(12(17)9-4-3-6-13-9)8-11-14-10(15-19-11)5-7-18-2/h3-4,9,13H,5-8H2,1-2H3. The fraction of sp³-hybridized carbons (Fsp3) is 0.583. The molecule has 0 saturated carbocycles. The van der Waals surface area contributed by atoms with Gasteiger partial charge < -0.3 is 14.2 Å².